The Hall–Kier alpha value is -3.06. The number of aryl methyl sites for hydroxylation is 3. The number of nitrogens with zero attached hydrogens (tertiary/aromatic N) is 3. The van der Waals surface area contributed by atoms with Crippen LogP contribution in [0.1, 0.15) is 16.7 Å². The number of carbonyl (C=O) groups excluding carboxylic acids is 1. The zero-order valence-electron chi connectivity index (χ0n) is 14.6. The van der Waals surface area contributed by atoms with Crippen LogP contribution in [-0.2, 0) is 11.8 Å². The van der Waals surface area contributed by atoms with Crippen LogP contribution in [-0.4, -0.2) is 15.4 Å². The van der Waals surface area contributed by atoms with Gasteiger partial charge in [-0.2, -0.15) is 4.99 Å². The fraction of sp³-hybridized carbons (Fsp3) is 0.158. The highest BCUT2D eigenvalue weighted by Crippen LogP contribution is 2.24. The minimum absolute atomic E-state index is 0.0154. The number of non-ortho nitro benzene ring substituents is 1. The second kappa shape index (κ2) is 7.05. The lowest BCUT2D eigenvalue weighted by molar-refractivity contribution is -0.384. The highest BCUT2D eigenvalue weighted by atomic mass is 32.1. The van der Waals surface area contributed by atoms with E-state index in [1.54, 1.807) is 12.1 Å². The summed E-state index contributed by atoms with van der Waals surface area (Å²) in [5.74, 6) is -0.408. The smallest absolute Gasteiger partial charge is 0.272 e. The molecule has 1 heterocycles. The maximum absolute atomic E-state index is 12.2. The predicted molar refractivity (Wildman–Crippen MR) is 103 cm³/mol. The second-order valence-corrected chi connectivity index (χ2v) is 6.93. The topological polar surface area (TPSA) is 77.5 Å². The predicted octanol–water partition coefficient (Wildman–Crippen LogP) is 3.91. The Morgan fingerprint density at radius 2 is 1.96 bits per heavy atom. The summed E-state index contributed by atoms with van der Waals surface area (Å²) in [6, 6.07) is 10.2. The summed E-state index contributed by atoms with van der Waals surface area (Å²) in [6.07, 6.45) is 2.85. The van der Waals surface area contributed by atoms with Crippen molar-refractivity contribution in [3.63, 3.8) is 0 Å². The SMILES string of the molecule is Cc1ccc(C)c2c1sc(=NC(=O)C=Cc1cccc([N+](=O)[O-])c1)n2C. The Labute approximate surface area is 153 Å². The number of benzene rings is 2. The van der Waals surface area contributed by atoms with Crippen molar-refractivity contribution < 1.29 is 9.72 Å². The third kappa shape index (κ3) is 3.48. The number of amides is 1. The summed E-state index contributed by atoms with van der Waals surface area (Å²) in [7, 11) is 1.89. The molecule has 0 radical (unpaired) electrons. The monoisotopic (exact) mass is 367 g/mol. The van der Waals surface area contributed by atoms with Crippen LogP contribution in [0.4, 0.5) is 5.69 Å². The minimum Gasteiger partial charge on any atom is -0.319 e. The normalized spacial score (nSPS) is 12.2. The van der Waals surface area contributed by atoms with E-state index in [1.165, 1.54) is 35.6 Å². The maximum Gasteiger partial charge on any atom is 0.272 e. The summed E-state index contributed by atoms with van der Waals surface area (Å²) in [5.41, 5.74) is 3.91. The number of hydrogen-bond acceptors (Lipinski definition) is 4. The number of rotatable bonds is 3. The fourth-order valence-corrected chi connectivity index (χ4v) is 3.88. The molecular formula is C19H17N3O3S. The zero-order chi connectivity index (χ0) is 18.8. The minimum atomic E-state index is -0.467. The number of nitro benzene ring substituents is 1. The van der Waals surface area contributed by atoms with E-state index in [-0.39, 0.29) is 5.69 Å². The van der Waals surface area contributed by atoms with Gasteiger partial charge in [-0.05, 0) is 36.6 Å². The van der Waals surface area contributed by atoms with E-state index in [0.29, 0.717) is 10.4 Å². The van der Waals surface area contributed by atoms with Gasteiger partial charge in [-0.15, -0.1) is 0 Å². The molecule has 0 spiro atoms. The van der Waals surface area contributed by atoms with Crippen molar-refractivity contribution in [1.82, 2.24) is 4.57 Å². The molecule has 0 N–H and O–H groups in total. The molecule has 0 atom stereocenters. The first-order valence-corrected chi connectivity index (χ1v) is 8.75. The van der Waals surface area contributed by atoms with E-state index in [4.69, 9.17) is 0 Å². The Kier molecular flexibility index (Phi) is 4.81. The summed E-state index contributed by atoms with van der Waals surface area (Å²) in [6.45, 7) is 4.06. The standard InChI is InChI=1S/C19H17N3O3S/c1-12-7-8-13(2)18-17(12)21(3)19(26-18)20-16(23)10-9-14-5-4-6-15(11-14)22(24)25/h4-11H,1-3H3. The average molecular weight is 367 g/mol. The molecule has 0 fully saturated rings. The van der Waals surface area contributed by atoms with Crippen molar-refractivity contribution in [2.24, 2.45) is 12.0 Å². The number of carbonyl (C=O) groups is 1. The molecule has 1 aromatic heterocycles. The Morgan fingerprint density at radius 1 is 1.23 bits per heavy atom. The molecule has 0 aliphatic carbocycles. The van der Waals surface area contributed by atoms with Crippen molar-refractivity contribution in [3.8, 4) is 0 Å². The molecule has 7 heteroatoms. The van der Waals surface area contributed by atoms with Gasteiger partial charge in [0.1, 0.15) is 0 Å². The van der Waals surface area contributed by atoms with Crippen LogP contribution in [0.2, 0.25) is 0 Å². The average Bonchev–Trinajstić information content (AvgIpc) is 2.94. The molecule has 1 amide bonds. The van der Waals surface area contributed by atoms with Gasteiger partial charge >= 0.3 is 0 Å². The molecule has 3 rings (SSSR count). The lowest BCUT2D eigenvalue weighted by atomic mass is 10.1. The molecule has 2 aromatic carbocycles. The Bertz CT molecular complexity index is 1120. The first-order chi connectivity index (χ1) is 12.4. The van der Waals surface area contributed by atoms with Crippen LogP contribution in [0.25, 0.3) is 16.3 Å². The largest absolute Gasteiger partial charge is 0.319 e. The summed E-state index contributed by atoms with van der Waals surface area (Å²) >= 11 is 1.47. The van der Waals surface area contributed by atoms with Crippen LogP contribution < -0.4 is 4.80 Å². The van der Waals surface area contributed by atoms with E-state index in [1.807, 2.05) is 25.5 Å². The van der Waals surface area contributed by atoms with E-state index < -0.39 is 10.8 Å². The molecule has 0 unspecified atom stereocenters. The van der Waals surface area contributed by atoms with Gasteiger partial charge in [-0.25, -0.2) is 0 Å². The molecule has 6 nitrogen and oxygen atoms in total. The quantitative estimate of drug-likeness (QED) is 0.400. The van der Waals surface area contributed by atoms with Gasteiger partial charge in [0.15, 0.2) is 4.80 Å². The van der Waals surface area contributed by atoms with Crippen LogP contribution in [0.5, 0.6) is 0 Å². The molecule has 132 valence electrons. The summed E-state index contributed by atoms with van der Waals surface area (Å²) in [4.78, 5) is 27.3. The van der Waals surface area contributed by atoms with Gasteiger partial charge in [-0.1, -0.05) is 35.6 Å². The number of fused-ring (bicyclic) bond motifs is 1. The lowest BCUT2D eigenvalue weighted by Crippen LogP contribution is -2.12. The van der Waals surface area contributed by atoms with E-state index in [9.17, 15) is 14.9 Å². The number of nitro groups is 1. The Balaban J connectivity index is 1.95. The number of aromatic nitrogens is 1. The lowest BCUT2D eigenvalue weighted by Gasteiger charge is -2.01. The third-order valence-corrected chi connectivity index (χ3v) is 5.32. The molecule has 0 saturated carbocycles. The summed E-state index contributed by atoms with van der Waals surface area (Å²) < 4.78 is 3.03. The second-order valence-electron chi connectivity index (χ2n) is 5.96. The molecule has 0 saturated heterocycles. The molecule has 26 heavy (non-hydrogen) atoms. The van der Waals surface area contributed by atoms with Crippen molar-refractivity contribution in [3.05, 3.63) is 74.1 Å². The van der Waals surface area contributed by atoms with Crippen molar-refractivity contribution in [2.45, 2.75) is 13.8 Å². The maximum atomic E-state index is 12.2. The van der Waals surface area contributed by atoms with Crippen LogP contribution in [0.3, 0.4) is 0 Å². The third-order valence-electron chi connectivity index (χ3n) is 4.05. The molecule has 0 aliphatic heterocycles. The van der Waals surface area contributed by atoms with Crippen LogP contribution in [0, 0.1) is 24.0 Å². The van der Waals surface area contributed by atoms with E-state index >= 15 is 0 Å². The molecule has 0 bridgehead atoms. The fourth-order valence-electron chi connectivity index (χ4n) is 2.71. The van der Waals surface area contributed by atoms with Crippen LogP contribution in [0.15, 0.2) is 47.5 Å². The number of hydrogen-bond donors (Lipinski definition) is 0. The molecule has 0 aliphatic rings. The van der Waals surface area contributed by atoms with Crippen molar-refractivity contribution in [2.75, 3.05) is 0 Å². The first-order valence-electron chi connectivity index (χ1n) is 7.94. The molecular weight excluding hydrogens is 350 g/mol. The van der Waals surface area contributed by atoms with Crippen LogP contribution >= 0.6 is 11.3 Å². The highest BCUT2D eigenvalue weighted by molar-refractivity contribution is 7.16. The zero-order valence-corrected chi connectivity index (χ0v) is 15.4. The van der Waals surface area contributed by atoms with E-state index in [0.717, 1.165) is 21.3 Å². The van der Waals surface area contributed by atoms with Gasteiger partial charge in [-0.3, -0.25) is 14.9 Å². The van der Waals surface area contributed by atoms with E-state index in [2.05, 4.69) is 17.1 Å². The van der Waals surface area contributed by atoms with Crippen molar-refractivity contribution in [1.29, 1.82) is 0 Å². The molecule has 3 aromatic rings. The summed E-state index contributed by atoms with van der Waals surface area (Å²) in [5, 5.41) is 10.8. The first kappa shape index (κ1) is 17.8. The van der Waals surface area contributed by atoms with Gasteiger partial charge in [0.2, 0.25) is 0 Å². The highest BCUT2D eigenvalue weighted by Gasteiger charge is 2.09. The Morgan fingerprint density at radius 3 is 2.65 bits per heavy atom. The van der Waals surface area contributed by atoms with Gasteiger partial charge in [0, 0.05) is 25.3 Å². The van der Waals surface area contributed by atoms with Gasteiger partial charge in [0.25, 0.3) is 11.6 Å². The van der Waals surface area contributed by atoms with Gasteiger partial charge < -0.3 is 4.57 Å². The van der Waals surface area contributed by atoms with Gasteiger partial charge in [0.05, 0.1) is 15.1 Å². The van der Waals surface area contributed by atoms with Crippen molar-refractivity contribution >= 4 is 39.2 Å². The number of thiazole rings is 1.